The molecule has 4 heteroatoms. The molecule has 0 bridgehead atoms. The number of allylic oxidation sites excluding steroid dienone is 2. The normalized spacial score (nSPS) is 11.4. The first-order valence-corrected chi connectivity index (χ1v) is 7.78. The molecule has 1 N–H and O–H groups in total. The molecular weight excluding hydrogens is 304 g/mol. The molecule has 0 saturated carbocycles. The zero-order valence-corrected chi connectivity index (χ0v) is 13.4. The number of hydrogen-bond acceptors (Lipinski definition) is 4. The van der Waals surface area contributed by atoms with Crippen LogP contribution in [0.4, 0.5) is 0 Å². The van der Waals surface area contributed by atoms with Crippen LogP contribution in [0.15, 0.2) is 61.7 Å². The Hall–Kier alpha value is -3.01. The average molecular weight is 320 g/mol. The maximum absolute atomic E-state index is 12.4. The quantitative estimate of drug-likeness (QED) is 0.421. The van der Waals surface area contributed by atoms with E-state index in [9.17, 15) is 9.90 Å². The molecule has 0 aliphatic carbocycles. The lowest BCUT2D eigenvalue weighted by Crippen LogP contribution is -1.98. The van der Waals surface area contributed by atoms with Crippen LogP contribution in [-0.2, 0) is 6.42 Å². The molecule has 4 nitrogen and oxygen atoms in total. The molecule has 2 aromatic carbocycles. The summed E-state index contributed by atoms with van der Waals surface area (Å²) in [7, 11) is 0. The summed E-state index contributed by atoms with van der Waals surface area (Å²) in [5.41, 5.74) is 2.94. The Morgan fingerprint density at radius 3 is 2.67 bits per heavy atom. The van der Waals surface area contributed by atoms with E-state index in [-0.39, 0.29) is 5.75 Å². The van der Waals surface area contributed by atoms with Crippen molar-refractivity contribution in [3.63, 3.8) is 0 Å². The Bertz CT molecular complexity index is 1170. The van der Waals surface area contributed by atoms with Crippen molar-refractivity contribution in [2.24, 2.45) is 0 Å². The van der Waals surface area contributed by atoms with E-state index < -0.39 is 5.63 Å². The minimum atomic E-state index is -0.459. The lowest BCUT2D eigenvalue weighted by Gasteiger charge is -2.05. The van der Waals surface area contributed by atoms with Crippen molar-refractivity contribution in [2.75, 3.05) is 0 Å². The van der Waals surface area contributed by atoms with Gasteiger partial charge in [-0.1, -0.05) is 29.8 Å². The summed E-state index contributed by atoms with van der Waals surface area (Å²) in [6.07, 6.45) is 2.64. The van der Waals surface area contributed by atoms with Crippen molar-refractivity contribution in [3.8, 4) is 5.75 Å². The second-order valence-corrected chi connectivity index (χ2v) is 6.15. The number of rotatable bonds is 2. The Morgan fingerprint density at radius 2 is 1.88 bits per heavy atom. The van der Waals surface area contributed by atoms with Crippen LogP contribution in [-0.4, -0.2) is 5.11 Å². The smallest absolute Gasteiger partial charge is 0.348 e. The molecule has 2 heterocycles. The second-order valence-electron chi connectivity index (χ2n) is 6.15. The topological polar surface area (TPSA) is 63.6 Å². The van der Waals surface area contributed by atoms with Crippen molar-refractivity contribution in [1.29, 1.82) is 0 Å². The molecule has 4 aromatic rings. The molecule has 2 aromatic heterocycles. The zero-order valence-electron chi connectivity index (χ0n) is 13.4. The molecule has 0 fully saturated rings. The van der Waals surface area contributed by atoms with Crippen LogP contribution in [0.25, 0.3) is 32.9 Å². The predicted molar refractivity (Wildman–Crippen MR) is 94.6 cm³/mol. The number of para-hydroxylation sites is 1. The Kier molecular flexibility index (Phi) is 3.20. The summed E-state index contributed by atoms with van der Waals surface area (Å²) < 4.78 is 11.3. The molecule has 0 spiro atoms. The highest BCUT2D eigenvalue weighted by molar-refractivity contribution is 6.13. The van der Waals surface area contributed by atoms with Gasteiger partial charge in [0.25, 0.3) is 0 Å². The first-order chi connectivity index (χ1) is 11.5. The molecule has 0 aliphatic rings. The maximum Gasteiger partial charge on any atom is 0.348 e. The van der Waals surface area contributed by atoms with E-state index in [4.69, 9.17) is 8.83 Å². The fourth-order valence-corrected chi connectivity index (χ4v) is 2.94. The van der Waals surface area contributed by atoms with E-state index in [1.807, 2.05) is 50.3 Å². The number of aromatic hydroxyl groups is 1. The van der Waals surface area contributed by atoms with Gasteiger partial charge in [0.15, 0.2) is 5.58 Å². The molecule has 0 aliphatic heterocycles. The van der Waals surface area contributed by atoms with Gasteiger partial charge in [-0.05, 0) is 38.0 Å². The molecule has 0 atom stereocenters. The third-order valence-electron chi connectivity index (χ3n) is 4.16. The van der Waals surface area contributed by atoms with Crippen LogP contribution < -0.4 is 5.63 Å². The van der Waals surface area contributed by atoms with Crippen LogP contribution in [0.1, 0.15) is 19.4 Å². The van der Waals surface area contributed by atoms with Crippen LogP contribution in [0.3, 0.4) is 0 Å². The summed E-state index contributed by atoms with van der Waals surface area (Å²) in [5, 5.41) is 12.1. The molecule has 0 unspecified atom stereocenters. The van der Waals surface area contributed by atoms with Gasteiger partial charge in [-0.2, -0.15) is 0 Å². The van der Waals surface area contributed by atoms with Crippen LogP contribution in [0, 0.1) is 0 Å². The lowest BCUT2D eigenvalue weighted by atomic mass is 10.0. The zero-order chi connectivity index (χ0) is 16.8. The molecular formula is C20H16O4. The Labute approximate surface area is 137 Å². The Morgan fingerprint density at radius 1 is 1.08 bits per heavy atom. The fraction of sp³-hybridized carbons (Fsp3) is 0.150. The number of benzene rings is 2. The van der Waals surface area contributed by atoms with Gasteiger partial charge in [0.1, 0.15) is 22.3 Å². The summed E-state index contributed by atoms with van der Waals surface area (Å²) in [6, 6.07) is 10.7. The summed E-state index contributed by atoms with van der Waals surface area (Å²) in [4.78, 5) is 12.4. The van der Waals surface area contributed by atoms with Crippen molar-refractivity contribution in [1.82, 2.24) is 0 Å². The summed E-state index contributed by atoms with van der Waals surface area (Å²) in [5.74, 6) is 0.110. The predicted octanol–water partition coefficient (Wildman–Crippen LogP) is 4.91. The molecule has 4 rings (SSSR count). The van der Waals surface area contributed by atoms with Gasteiger partial charge in [-0.3, -0.25) is 0 Å². The highest BCUT2D eigenvalue weighted by Gasteiger charge is 2.17. The van der Waals surface area contributed by atoms with Crippen molar-refractivity contribution in [2.45, 2.75) is 20.3 Å². The average Bonchev–Trinajstić information content (AvgIpc) is 2.93. The molecule has 24 heavy (non-hydrogen) atoms. The minimum absolute atomic E-state index is 0.110. The third kappa shape index (κ3) is 2.19. The molecule has 0 saturated heterocycles. The van der Waals surface area contributed by atoms with Gasteiger partial charge >= 0.3 is 5.63 Å². The second kappa shape index (κ2) is 5.27. The number of furan rings is 1. The lowest BCUT2D eigenvalue weighted by molar-refractivity contribution is 0.468. The van der Waals surface area contributed by atoms with Crippen molar-refractivity contribution >= 4 is 32.9 Å². The van der Waals surface area contributed by atoms with E-state index in [1.54, 1.807) is 0 Å². The highest BCUT2D eigenvalue weighted by Crippen LogP contribution is 2.34. The van der Waals surface area contributed by atoms with Gasteiger partial charge in [0, 0.05) is 11.5 Å². The molecule has 0 amide bonds. The minimum Gasteiger partial charge on any atom is -0.508 e. The molecule has 120 valence electrons. The van der Waals surface area contributed by atoms with Gasteiger partial charge in [-0.25, -0.2) is 4.79 Å². The first kappa shape index (κ1) is 14.6. The highest BCUT2D eigenvalue weighted by atomic mass is 16.4. The number of phenolic OH excluding ortho intramolecular Hbond substituents is 1. The first-order valence-electron chi connectivity index (χ1n) is 7.78. The monoisotopic (exact) mass is 320 g/mol. The van der Waals surface area contributed by atoms with Gasteiger partial charge in [-0.15, -0.1) is 0 Å². The van der Waals surface area contributed by atoms with Crippen molar-refractivity contribution in [3.05, 3.63) is 64.0 Å². The van der Waals surface area contributed by atoms with Crippen LogP contribution >= 0.6 is 0 Å². The van der Waals surface area contributed by atoms with Gasteiger partial charge < -0.3 is 13.9 Å². The Balaban J connectivity index is 2.10. The van der Waals surface area contributed by atoms with Crippen LogP contribution in [0.5, 0.6) is 5.75 Å². The number of phenols is 1. The SMILES string of the molecule is CC(C)=CCc1cc2c(cc1O)oc(=O)c1c3ccccc3oc21. The maximum atomic E-state index is 12.4. The summed E-state index contributed by atoms with van der Waals surface area (Å²) >= 11 is 0. The van der Waals surface area contributed by atoms with Crippen LogP contribution in [0.2, 0.25) is 0 Å². The third-order valence-corrected chi connectivity index (χ3v) is 4.16. The van der Waals surface area contributed by atoms with E-state index in [1.165, 1.54) is 11.6 Å². The number of hydrogen-bond donors (Lipinski definition) is 1. The van der Waals surface area contributed by atoms with E-state index in [0.29, 0.717) is 33.9 Å². The van der Waals surface area contributed by atoms with Gasteiger partial charge in [0.05, 0.1) is 5.39 Å². The number of fused-ring (bicyclic) bond motifs is 5. The van der Waals surface area contributed by atoms with E-state index >= 15 is 0 Å². The van der Waals surface area contributed by atoms with E-state index in [2.05, 4.69) is 0 Å². The van der Waals surface area contributed by atoms with Crippen molar-refractivity contribution < 1.29 is 13.9 Å². The fourth-order valence-electron chi connectivity index (χ4n) is 2.94. The summed E-state index contributed by atoms with van der Waals surface area (Å²) in [6.45, 7) is 4.02. The standard InChI is InChI=1S/C20H16O4/c1-11(2)7-8-12-9-14-17(10-15(12)21)24-20(22)18-13-5-3-4-6-16(13)23-19(14)18/h3-7,9-10,21H,8H2,1-2H3. The molecule has 0 radical (unpaired) electrons. The largest absolute Gasteiger partial charge is 0.508 e. The van der Waals surface area contributed by atoms with Gasteiger partial charge in [0.2, 0.25) is 0 Å². The van der Waals surface area contributed by atoms with E-state index in [0.717, 1.165) is 10.9 Å².